The smallest absolute Gasteiger partial charge is 0.366 e. The average Bonchev–Trinajstić information content (AvgIpc) is 2.68. The fourth-order valence-corrected chi connectivity index (χ4v) is 4.64. The molecule has 1 atom stereocenters. The third-order valence-electron chi connectivity index (χ3n) is 6.10. The number of alkyl halides is 3. The van der Waals surface area contributed by atoms with Crippen LogP contribution in [-0.2, 0) is 17.4 Å². The summed E-state index contributed by atoms with van der Waals surface area (Å²) < 4.78 is 38.5. The van der Waals surface area contributed by atoms with E-state index in [-0.39, 0.29) is 17.5 Å². The number of amides is 1. The molecule has 1 amide bonds. The van der Waals surface area contributed by atoms with Crippen molar-refractivity contribution in [1.29, 1.82) is 0 Å². The van der Waals surface area contributed by atoms with E-state index in [4.69, 9.17) is 0 Å². The summed E-state index contributed by atoms with van der Waals surface area (Å²) >= 11 is 0. The molecule has 32 heavy (non-hydrogen) atoms. The van der Waals surface area contributed by atoms with Crippen molar-refractivity contribution in [3.63, 3.8) is 0 Å². The average molecular weight is 446 g/mol. The fraction of sp³-hybridized carbons (Fsp3) is 0.440. The van der Waals surface area contributed by atoms with Gasteiger partial charge in [0.15, 0.2) is 0 Å². The molecule has 0 radical (unpaired) electrons. The van der Waals surface area contributed by atoms with Gasteiger partial charge in [-0.1, -0.05) is 25.1 Å². The van der Waals surface area contributed by atoms with Crippen molar-refractivity contribution < 1.29 is 18.0 Å². The maximum Gasteiger partial charge on any atom is 0.416 e. The van der Waals surface area contributed by atoms with Crippen LogP contribution in [-0.4, -0.2) is 24.2 Å². The molecule has 0 spiro atoms. The molecule has 0 saturated carbocycles. The number of aryl methyl sites for hydroxylation is 1. The number of hydrogen-bond donors (Lipinski definition) is 1. The van der Waals surface area contributed by atoms with Gasteiger partial charge in [0, 0.05) is 17.8 Å². The van der Waals surface area contributed by atoms with Gasteiger partial charge in [0.25, 0.3) is 0 Å². The standard InChI is InChI=1S/C25H30F3N3O/c1-6-31-22-10-16(2)19(13-21(22)17(3)14-24(31,4)5)15-29-30-23(32)12-18-8-7-9-20(11-18)25(26,27)28/h7-11,13,15,17H,6,12,14H2,1-5H3,(H,30,32)/b29-15+. The maximum absolute atomic E-state index is 12.8. The van der Waals surface area contributed by atoms with Gasteiger partial charge in [0.05, 0.1) is 18.2 Å². The number of carbonyl (C=O) groups excluding carboxylic acids is 1. The van der Waals surface area contributed by atoms with Crippen molar-refractivity contribution in [2.45, 2.75) is 65.1 Å². The van der Waals surface area contributed by atoms with Crippen molar-refractivity contribution in [3.05, 3.63) is 64.2 Å². The normalized spacial score (nSPS) is 18.0. The summed E-state index contributed by atoms with van der Waals surface area (Å²) in [5.74, 6) is -0.0745. The lowest BCUT2D eigenvalue weighted by molar-refractivity contribution is -0.137. The molecule has 172 valence electrons. The summed E-state index contributed by atoms with van der Waals surface area (Å²) in [6.45, 7) is 11.8. The van der Waals surface area contributed by atoms with Crippen LogP contribution >= 0.6 is 0 Å². The Morgan fingerprint density at radius 3 is 2.66 bits per heavy atom. The number of hydrazone groups is 1. The van der Waals surface area contributed by atoms with Crippen molar-refractivity contribution in [2.24, 2.45) is 5.10 Å². The molecule has 2 aromatic rings. The van der Waals surface area contributed by atoms with Gasteiger partial charge in [0.1, 0.15) is 0 Å². The van der Waals surface area contributed by atoms with Crippen LogP contribution in [0.1, 0.15) is 67.9 Å². The van der Waals surface area contributed by atoms with Gasteiger partial charge in [0.2, 0.25) is 5.91 Å². The minimum Gasteiger partial charge on any atom is -0.366 e. The second-order valence-corrected chi connectivity index (χ2v) is 9.10. The maximum atomic E-state index is 12.8. The van der Waals surface area contributed by atoms with E-state index in [1.807, 2.05) is 6.92 Å². The molecule has 2 aromatic carbocycles. The lowest BCUT2D eigenvalue weighted by atomic mass is 9.79. The molecule has 3 rings (SSSR count). The fourth-order valence-electron chi connectivity index (χ4n) is 4.64. The van der Waals surface area contributed by atoms with Crippen LogP contribution in [0.3, 0.4) is 0 Å². The number of halogens is 3. The number of benzene rings is 2. The summed E-state index contributed by atoms with van der Waals surface area (Å²) in [5, 5.41) is 4.05. The molecule has 0 bridgehead atoms. The summed E-state index contributed by atoms with van der Waals surface area (Å²) in [4.78, 5) is 14.6. The quantitative estimate of drug-likeness (QED) is 0.466. The molecule has 0 saturated heterocycles. The Balaban J connectivity index is 1.72. The highest BCUT2D eigenvalue weighted by Crippen LogP contribution is 2.44. The highest BCUT2D eigenvalue weighted by molar-refractivity contribution is 5.86. The van der Waals surface area contributed by atoms with E-state index in [0.717, 1.165) is 36.2 Å². The van der Waals surface area contributed by atoms with Gasteiger partial charge in [-0.15, -0.1) is 0 Å². The molecule has 0 aliphatic carbocycles. The zero-order valence-electron chi connectivity index (χ0n) is 19.2. The van der Waals surface area contributed by atoms with Gasteiger partial charge in [-0.2, -0.15) is 18.3 Å². The zero-order chi connectivity index (χ0) is 23.7. The number of anilines is 1. The second-order valence-electron chi connectivity index (χ2n) is 9.10. The zero-order valence-corrected chi connectivity index (χ0v) is 19.2. The first-order valence-electron chi connectivity index (χ1n) is 10.8. The minimum absolute atomic E-state index is 0.0839. The summed E-state index contributed by atoms with van der Waals surface area (Å²) in [6, 6.07) is 9.05. The van der Waals surface area contributed by atoms with E-state index in [9.17, 15) is 18.0 Å². The van der Waals surface area contributed by atoms with Crippen LogP contribution in [0.2, 0.25) is 0 Å². The van der Waals surface area contributed by atoms with Gasteiger partial charge in [-0.05, 0) is 80.5 Å². The van der Waals surface area contributed by atoms with Crippen molar-refractivity contribution >= 4 is 17.8 Å². The molecule has 1 heterocycles. The lowest BCUT2D eigenvalue weighted by Gasteiger charge is -2.47. The first-order valence-corrected chi connectivity index (χ1v) is 10.8. The van der Waals surface area contributed by atoms with Gasteiger partial charge in [-0.3, -0.25) is 4.79 Å². The van der Waals surface area contributed by atoms with Crippen molar-refractivity contribution in [3.8, 4) is 0 Å². The van der Waals surface area contributed by atoms with E-state index < -0.39 is 17.6 Å². The summed E-state index contributed by atoms with van der Waals surface area (Å²) in [6.07, 6.45) is -1.97. The summed E-state index contributed by atoms with van der Waals surface area (Å²) in [7, 11) is 0. The van der Waals surface area contributed by atoms with E-state index in [2.05, 4.69) is 55.3 Å². The molecule has 1 N–H and O–H groups in total. The third-order valence-corrected chi connectivity index (χ3v) is 6.10. The van der Waals surface area contributed by atoms with E-state index in [1.54, 1.807) is 6.21 Å². The molecule has 1 aliphatic heterocycles. The largest absolute Gasteiger partial charge is 0.416 e. The Morgan fingerprint density at radius 1 is 1.28 bits per heavy atom. The van der Waals surface area contributed by atoms with Crippen LogP contribution in [0.15, 0.2) is 41.5 Å². The Labute approximate surface area is 187 Å². The monoisotopic (exact) mass is 445 g/mol. The lowest BCUT2D eigenvalue weighted by Crippen LogP contribution is -2.48. The number of carbonyl (C=O) groups is 1. The molecule has 1 unspecified atom stereocenters. The Hall–Kier alpha value is -2.83. The van der Waals surface area contributed by atoms with Crippen LogP contribution in [0.5, 0.6) is 0 Å². The van der Waals surface area contributed by atoms with Crippen molar-refractivity contribution in [2.75, 3.05) is 11.4 Å². The van der Waals surface area contributed by atoms with Gasteiger partial charge >= 0.3 is 6.18 Å². The van der Waals surface area contributed by atoms with Crippen LogP contribution in [0, 0.1) is 6.92 Å². The predicted molar refractivity (Wildman–Crippen MR) is 122 cm³/mol. The third kappa shape index (κ3) is 5.14. The molecule has 4 nitrogen and oxygen atoms in total. The number of rotatable bonds is 5. The van der Waals surface area contributed by atoms with Gasteiger partial charge in [-0.25, -0.2) is 5.43 Å². The minimum atomic E-state index is -4.44. The van der Waals surface area contributed by atoms with E-state index in [1.165, 1.54) is 23.4 Å². The van der Waals surface area contributed by atoms with E-state index in [0.29, 0.717) is 5.92 Å². The number of fused-ring (bicyclic) bond motifs is 1. The Bertz CT molecular complexity index is 1030. The van der Waals surface area contributed by atoms with Crippen LogP contribution in [0.4, 0.5) is 18.9 Å². The summed E-state index contributed by atoms with van der Waals surface area (Å²) in [5.41, 5.74) is 6.47. The number of nitrogens with one attached hydrogen (secondary N) is 1. The molecular weight excluding hydrogens is 415 g/mol. The van der Waals surface area contributed by atoms with Gasteiger partial charge < -0.3 is 4.90 Å². The first-order chi connectivity index (χ1) is 14.9. The predicted octanol–water partition coefficient (Wildman–Crippen LogP) is 5.82. The van der Waals surface area contributed by atoms with E-state index >= 15 is 0 Å². The number of nitrogens with zero attached hydrogens (tertiary/aromatic N) is 2. The highest BCUT2D eigenvalue weighted by Gasteiger charge is 2.35. The second kappa shape index (κ2) is 8.96. The SMILES string of the molecule is CCN1c2cc(C)c(/C=N/NC(=O)Cc3cccc(C(F)(F)F)c3)cc2C(C)CC1(C)C. The molecule has 0 aromatic heterocycles. The molecule has 7 heteroatoms. The Morgan fingerprint density at radius 2 is 2.00 bits per heavy atom. The molecule has 1 aliphatic rings. The number of hydrogen-bond acceptors (Lipinski definition) is 3. The first kappa shape index (κ1) is 23.8. The highest BCUT2D eigenvalue weighted by atomic mass is 19.4. The molecular formula is C25H30F3N3O. The molecule has 0 fully saturated rings. The van der Waals surface area contributed by atoms with Crippen LogP contribution in [0.25, 0.3) is 0 Å². The topological polar surface area (TPSA) is 44.7 Å². The van der Waals surface area contributed by atoms with Crippen molar-refractivity contribution in [1.82, 2.24) is 5.43 Å². The Kier molecular flexibility index (Phi) is 6.67. The van der Waals surface area contributed by atoms with Crippen LogP contribution < -0.4 is 10.3 Å².